The van der Waals surface area contributed by atoms with E-state index in [2.05, 4.69) is 4.98 Å². The van der Waals surface area contributed by atoms with Crippen molar-refractivity contribution in [3.8, 4) is 5.75 Å². The number of hydrogen-bond donors (Lipinski definition) is 1. The van der Waals surface area contributed by atoms with Crippen molar-refractivity contribution >= 4 is 22.5 Å². The summed E-state index contributed by atoms with van der Waals surface area (Å²) < 4.78 is 5.11. The average Bonchev–Trinajstić information content (AvgIpc) is 2.27. The quantitative estimate of drug-likeness (QED) is 0.817. The molecule has 0 saturated heterocycles. The second-order valence-corrected chi connectivity index (χ2v) is 3.96. The lowest BCUT2D eigenvalue weighted by Gasteiger charge is -2.09. The van der Waals surface area contributed by atoms with Gasteiger partial charge in [0.2, 0.25) is 0 Å². The molecule has 1 N–H and O–H groups in total. The third kappa shape index (κ3) is 1.96. The number of halogens is 1. The maximum Gasteiger partial charge on any atom is 0.135 e. The van der Waals surface area contributed by atoms with E-state index in [1.165, 1.54) is 0 Å². The van der Waals surface area contributed by atoms with E-state index in [4.69, 9.17) is 16.3 Å². The summed E-state index contributed by atoms with van der Waals surface area (Å²) in [6.07, 6.45) is -0.619. The molecule has 4 heteroatoms. The van der Waals surface area contributed by atoms with E-state index in [0.29, 0.717) is 10.7 Å². The molecule has 0 fully saturated rings. The molecule has 0 radical (unpaired) electrons. The highest BCUT2D eigenvalue weighted by Gasteiger charge is 2.09. The number of rotatable bonds is 2. The summed E-state index contributed by atoms with van der Waals surface area (Å²) in [6.45, 7) is 1.66. The molecular formula is C12H12ClNO2. The first kappa shape index (κ1) is 11.2. The van der Waals surface area contributed by atoms with Crippen LogP contribution in [-0.4, -0.2) is 17.2 Å². The third-order valence-electron chi connectivity index (χ3n) is 2.46. The Morgan fingerprint density at radius 3 is 2.75 bits per heavy atom. The van der Waals surface area contributed by atoms with Gasteiger partial charge in [0.25, 0.3) is 0 Å². The van der Waals surface area contributed by atoms with Crippen LogP contribution in [0.5, 0.6) is 5.75 Å². The van der Waals surface area contributed by atoms with Crippen LogP contribution in [0.1, 0.15) is 18.6 Å². The van der Waals surface area contributed by atoms with Crippen molar-refractivity contribution in [2.24, 2.45) is 0 Å². The van der Waals surface area contributed by atoms with Gasteiger partial charge in [0.15, 0.2) is 0 Å². The summed E-state index contributed by atoms with van der Waals surface area (Å²) in [4.78, 5) is 4.23. The summed E-state index contributed by atoms with van der Waals surface area (Å²) in [5.74, 6) is 0.737. The molecule has 0 aliphatic rings. The van der Waals surface area contributed by atoms with Gasteiger partial charge in [-0.05, 0) is 25.1 Å². The Labute approximate surface area is 98.6 Å². The van der Waals surface area contributed by atoms with E-state index >= 15 is 0 Å². The molecule has 1 aromatic heterocycles. The van der Waals surface area contributed by atoms with Crippen LogP contribution in [0.3, 0.4) is 0 Å². The summed E-state index contributed by atoms with van der Waals surface area (Å²) in [6, 6.07) is 7.40. The molecule has 0 saturated carbocycles. The highest BCUT2D eigenvalue weighted by atomic mass is 35.5. The fourth-order valence-electron chi connectivity index (χ4n) is 1.56. The van der Waals surface area contributed by atoms with Crippen molar-refractivity contribution in [3.05, 3.63) is 35.0 Å². The number of nitrogens with zero attached hydrogens (tertiary/aromatic N) is 1. The van der Waals surface area contributed by atoms with Crippen molar-refractivity contribution in [1.29, 1.82) is 0 Å². The summed E-state index contributed by atoms with van der Waals surface area (Å²) in [5.41, 5.74) is 1.40. The van der Waals surface area contributed by atoms with Gasteiger partial charge in [0.1, 0.15) is 10.9 Å². The molecule has 84 valence electrons. The Bertz CT molecular complexity index is 526. The van der Waals surface area contributed by atoms with E-state index in [-0.39, 0.29) is 0 Å². The van der Waals surface area contributed by atoms with Crippen LogP contribution in [-0.2, 0) is 0 Å². The van der Waals surface area contributed by atoms with Gasteiger partial charge in [-0.1, -0.05) is 11.6 Å². The summed E-state index contributed by atoms with van der Waals surface area (Å²) in [5, 5.41) is 10.8. The van der Waals surface area contributed by atoms with E-state index in [0.717, 1.165) is 16.7 Å². The van der Waals surface area contributed by atoms with Crippen LogP contribution in [0.25, 0.3) is 10.9 Å². The molecule has 0 aliphatic carbocycles. The minimum Gasteiger partial charge on any atom is -0.497 e. The predicted octanol–water partition coefficient (Wildman–Crippen LogP) is 2.95. The average molecular weight is 238 g/mol. The Kier molecular flexibility index (Phi) is 2.99. The van der Waals surface area contributed by atoms with Crippen LogP contribution in [0.15, 0.2) is 24.3 Å². The first-order valence-corrected chi connectivity index (χ1v) is 5.32. The van der Waals surface area contributed by atoms with Crippen molar-refractivity contribution < 1.29 is 9.84 Å². The lowest BCUT2D eigenvalue weighted by molar-refractivity contribution is 0.199. The van der Waals surface area contributed by atoms with Crippen LogP contribution in [0.2, 0.25) is 5.15 Å². The maximum absolute atomic E-state index is 9.52. The predicted molar refractivity (Wildman–Crippen MR) is 63.9 cm³/mol. The number of aromatic nitrogens is 1. The van der Waals surface area contributed by atoms with Gasteiger partial charge in [-0.2, -0.15) is 0 Å². The molecule has 0 spiro atoms. The van der Waals surface area contributed by atoms with Gasteiger partial charge in [-0.15, -0.1) is 0 Å². The highest BCUT2D eigenvalue weighted by molar-refractivity contribution is 6.30. The first-order chi connectivity index (χ1) is 7.61. The Balaban J connectivity index is 2.64. The van der Waals surface area contributed by atoms with E-state index in [9.17, 15) is 5.11 Å². The molecular weight excluding hydrogens is 226 g/mol. The Hall–Kier alpha value is -1.32. The molecule has 0 unspecified atom stereocenters. The van der Waals surface area contributed by atoms with Crippen LogP contribution >= 0.6 is 11.6 Å². The standard InChI is InChI=1S/C12H12ClNO2/c1-7(15)10-5-8-3-4-9(16-2)6-11(8)14-12(10)13/h3-7,15H,1-2H3/t7-/m0/s1. The topological polar surface area (TPSA) is 42.4 Å². The SMILES string of the molecule is COc1ccc2cc([C@H](C)O)c(Cl)nc2c1. The summed E-state index contributed by atoms with van der Waals surface area (Å²) >= 11 is 5.98. The zero-order valence-corrected chi connectivity index (χ0v) is 9.82. The van der Waals surface area contributed by atoms with E-state index in [1.807, 2.05) is 24.3 Å². The summed E-state index contributed by atoms with van der Waals surface area (Å²) in [7, 11) is 1.60. The molecule has 0 aliphatic heterocycles. The van der Waals surface area contributed by atoms with Gasteiger partial charge < -0.3 is 9.84 Å². The number of methoxy groups -OCH3 is 1. The number of hydrogen-bond acceptors (Lipinski definition) is 3. The minimum atomic E-state index is -0.619. The number of ether oxygens (including phenoxy) is 1. The number of fused-ring (bicyclic) bond motifs is 1. The molecule has 0 bridgehead atoms. The number of aliphatic hydroxyl groups excluding tert-OH is 1. The molecule has 2 aromatic rings. The van der Waals surface area contributed by atoms with Crippen molar-refractivity contribution in [2.45, 2.75) is 13.0 Å². The molecule has 3 nitrogen and oxygen atoms in total. The third-order valence-corrected chi connectivity index (χ3v) is 2.76. The second kappa shape index (κ2) is 4.28. The number of benzene rings is 1. The smallest absolute Gasteiger partial charge is 0.135 e. The molecule has 1 heterocycles. The monoisotopic (exact) mass is 237 g/mol. The molecule has 16 heavy (non-hydrogen) atoms. The van der Waals surface area contributed by atoms with E-state index < -0.39 is 6.10 Å². The molecule has 1 atom stereocenters. The Morgan fingerprint density at radius 1 is 1.38 bits per heavy atom. The van der Waals surface area contributed by atoms with Crippen molar-refractivity contribution in [1.82, 2.24) is 4.98 Å². The molecule has 0 amide bonds. The minimum absolute atomic E-state index is 0.329. The van der Waals surface area contributed by atoms with E-state index in [1.54, 1.807) is 14.0 Å². The molecule has 1 aromatic carbocycles. The lowest BCUT2D eigenvalue weighted by atomic mass is 10.1. The lowest BCUT2D eigenvalue weighted by Crippen LogP contribution is -1.95. The van der Waals surface area contributed by atoms with Gasteiger partial charge >= 0.3 is 0 Å². The first-order valence-electron chi connectivity index (χ1n) is 4.94. The second-order valence-electron chi connectivity index (χ2n) is 3.60. The maximum atomic E-state index is 9.52. The number of aliphatic hydroxyl groups is 1. The van der Waals surface area contributed by atoms with Gasteiger partial charge in [-0.3, -0.25) is 0 Å². The van der Waals surface area contributed by atoms with Crippen LogP contribution in [0, 0.1) is 0 Å². The normalized spacial score (nSPS) is 12.8. The zero-order chi connectivity index (χ0) is 11.7. The number of pyridine rings is 1. The fraction of sp³-hybridized carbons (Fsp3) is 0.250. The van der Waals surface area contributed by atoms with Gasteiger partial charge in [-0.25, -0.2) is 4.98 Å². The zero-order valence-electron chi connectivity index (χ0n) is 9.07. The largest absolute Gasteiger partial charge is 0.497 e. The Morgan fingerprint density at radius 2 is 2.12 bits per heavy atom. The van der Waals surface area contributed by atoms with Crippen molar-refractivity contribution in [3.63, 3.8) is 0 Å². The van der Waals surface area contributed by atoms with Gasteiger partial charge in [0, 0.05) is 17.0 Å². The fourth-order valence-corrected chi connectivity index (χ4v) is 1.86. The van der Waals surface area contributed by atoms with Crippen molar-refractivity contribution in [2.75, 3.05) is 7.11 Å². The van der Waals surface area contributed by atoms with Crippen LogP contribution < -0.4 is 4.74 Å². The molecule has 2 rings (SSSR count). The van der Waals surface area contributed by atoms with Gasteiger partial charge in [0.05, 0.1) is 18.7 Å². The highest BCUT2D eigenvalue weighted by Crippen LogP contribution is 2.27. The van der Waals surface area contributed by atoms with Crippen LogP contribution in [0.4, 0.5) is 0 Å².